The number of benzene rings is 2. The maximum absolute atomic E-state index is 14.1. The lowest BCUT2D eigenvalue weighted by molar-refractivity contribution is -0.169. The molecule has 0 aliphatic heterocycles. The highest BCUT2D eigenvalue weighted by Gasteiger charge is 2.68. The van der Waals surface area contributed by atoms with E-state index in [0.29, 0.717) is 0 Å². The smallest absolute Gasteiger partial charge is 0.333 e. The quantitative estimate of drug-likeness (QED) is 0.160. The molecule has 1 saturated carbocycles. The molecular weight excluding hydrogens is 648 g/mol. The second-order valence-electron chi connectivity index (χ2n) is 11.5. The average Bonchev–Trinajstić information content (AvgIpc) is 2.95. The average molecular weight is 677 g/mol. The highest BCUT2D eigenvalue weighted by Crippen LogP contribution is 2.56. The second-order valence-corrected chi connectivity index (χ2v) is 13.6. The van der Waals surface area contributed by atoms with Gasteiger partial charge in [-0.05, 0) is 55.9 Å². The molecule has 15 nitrogen and oxygen atoms in total. The number of carbonyl (C=O) groups is 4. The number of hydrogen-bond donors (Lipinski definition) is 8. The maximum atomic E-state index is 14.1. The number of urea groups is 1. The SMILES string of the molecule is C[C@H]1c2ccc(NC(=O)NS(=O)(=O)c3ccc(Cl)cc3)c(O)c2C(O)=C2C(=O)[C@]3(O)C(O)=C(C(N)=O)C(=O)[C@@H](N(C)C)C3[C@@H](O)C21. The van der Waals surface area contributed by atoms with E-state index < -0.39 is 109 Å². The number of Topliss-reactive ketones (excluding diaryl/α,β-unsaturated/α-hetero) is 2. The molecule has 0 saturated heterocycles. The molecule has 2 aromatic rings. The van der Waals surface area contributed by atoms with Crippen molar-refractivity contribution in [3.63, 3.8) is 0 Å². The van der Waals surface area contributed by atoms with Crippen LogP contribution in [0.15, 0.2) is 58.2 Å². The first-order chi connectivity index (χ1) is 21.4. The number of sulfonamides is 1. The number of carbonyl (C=O) groups excluding carboxylic acids is 4. The van der Waals surface area contributed by atoms with E-state index in [1.165, 1.54) is 50.2 Å². The van der Waals surface area contributed by atoms with Crippen molar-refractivity contribution in [3.8, 4) is 5.75 Å². The fraction of sp³-hybridized carbons (Fsp3) is 0.310. The standard InChI is InChI=1S/C29H29ClN4O11S/c1-10-13-8-9-14(32-28(42)33-46(44,45)12-6-4-11(30)5-7-12)21(35)16(13)22(36)17-15(10)23(37)19-20(34(2)3)24(38)18(27(31)41)26(40)29(19,43)25(17)39/h4-10,15,19-20,23,35-37,40,43H,1-3H3,(H2,31,41)(H2,32,33,42)/t10-,15?,19?,20-,23-,29-/m0/s1. The lowest BCUT2D eigenvalue weighted by Gasteiger charge is -2.53. The summed E-state index contributed by atoms with van der Waals surface area (Å²) in [6, 6.07) is 4.67. The predicted octanol–water partition coefficient (Wildman–Crippen LogP) is 0.660. The van der Waals surface area contributed by atoms with Crippen LogP contribution in [0.1, 0.15) is 24.0 Å². The minimum absolute atomic E-state index is 0.182. The number of nitrogens with one attached hydrogen (secondary N) is 2. The van der Waals surface area contributed by atoms with E-state index in [0.717, 1.165) is 12.1 Å². The van der Waals surface area contributed by atoms with E-state index in [1.54, 1.807) is 4.72 Å². The molecule has 0 radical (unpaired) electrons. The Morgan fingerprint density at radius 1 is 1.04 bits per heavy atom. The first-order valence-electron chi connectivity index (χ1n) is 13.6. The van der Waals surface area contributed by atoms with E-state index in [9.17, 15) is 53.1 Å². The summed E-state index contributed by atoms with van der Waals surface area (Å²) in [4.78, 5) is 53.1. The summed E-state index contributed by atoms with van der Waals surface area (Å²) in [6.45, 7) is 1.54. The Labute approximate surface area is 266 Å². The number of aliphatic hydroxyl groups excluding tert-OH is 3. The van der Waals surface area contributed by atoms with Gasteiger partial charge >= 0.3 is 6.03 Å². The van der Waals surface area contributed by atoms with Gasteiger partial charge in [0, 0.05) is 16.5 Å². The molecule has 3 amide bonds. The van der Waals surface area contributed by atoms with Gasteiger partial charge in [-0.15, -0.1) is 0 Å². The van der Waals surface area contributed by atoms with Crippen molar-refractivity contribution in [2.45, 2.75) is 35.5 Å². The van der Waals surface area contributed by atoms with Gasteiger partial charge in [0.25, 0.3) is 15.9 Å². The summed E-state index contributed by atoms with van der Waals surface area (Å²) in [5.41, 5.74) is -0.0617. The Hall–Kier alpha value is -4.48. The lowest BCUT2D eigenvalue weighted by atomic mass is 9.54. The van der Waals surface area contributed by atoms with Gasteiger partial charge in [0.15, 0.2) is 11.4 Å². The molecule has 0 aromatic heterocycles. The number of aromatic hydroxyl groups is 1. The molecule has 0 spiro atoms. The fourth-order valence-electron chi connectivity index (χ4n) is 6.66. The van der Waals surface area contributed by atoms with Crippen LogP contribution in [0.25, 0.3) is 5.76 Å². The molecule has 6 atom stereocenters. The van der Waals surface area contributed by atoms with Gasteiger partial charge in [-0.3, -0.25) is 19.3 Å². The van der Waals surface area contributed by atoms with E-state index >= 15 is 0 Å². The summed E-state index contributed by atoms with van der Waals surface area (Å²) < 4.78 is 27.0. The van der Waals surface area contributed by atoms with Crippen LogP contribution in [0.2, 0.25) is 5.02 Å². The largest absolute Gasteiger partial charge is 0.508 e. The molecule has 3 aliphatic rings. The number of phenols is 1. The zero-order valence-electron chi connectivity index (χ0n) is 24.3. The van der Waals surface area contributed by atoms with E-state index in [-0.39, 0.29) is 15.5 Å². The number of phenolic OH excluding ortho intramolecular Hbond substituents is 1. The molecule has 2 aromatic carbocycles. The molecule has 46 heavy (non-hydrogen) atoms. The van der Waals surface area contributed by atoms with E-state index in [1.807, 2.05) is 0 Å². The monoisotopic (exact) mass is 676 g/mol. The third kappa shape index (κ3) is 4.72. The first-order valence-corrected chi connectivity index (χ1v) is 15.5. The van der Waals surface area contributed by atoms with Gasteiger partial charge in [-0.2, -0.15) is 0 Å². The van der Waals surface area contributed by atoms with Crippen LogP contribution >= 0.6 is 11.6 Å². The number of hydrogen-bond acceptors (Lipinski definition) is 12. The highest BCUT2D eigenvalue weighted by molar-refractivity contribution is 7.90. The van der Waals surface area contributed by atoms with Gasteiger partial charge in [0.2, 0.25) is 5.78 Å². The summed E-state index contributed by atoms with van der Waals surface area (Å²) in [7, 11) is -1.58. The number of amides is 3. The second kappa shape index (κ2) is 11.1. The van der Waals surface area contributed by atoms with Crippen LogP contribution in [0.3, 0.4) is 0 Å². The van der Waals surface area contributed by atoms with Gasteiger partial charge in [-0.1, -0.05) is 24.6 Å². The number of nitrogens with two attached hydrogens (primary N) is 1. The number of primary amides is 1. The minimum atomic E-state index is -4.37. The molecule has 9 N–H and O–H groups in total. The third-order valence-electron chi connectivity index (χ3n) is 8.73. The van der Waals surface area contributed by atoms with Gasteiger partial charge in [-0.25, -0.2) is 17.9 Å². The van der Waals surface area contributed by atoms with Crippen LogP contribution < -0.4 is 15.8 Å². The molecule has 2 unspecified atom stereocenters. The summed E-state index contributed by atoms with van der Waals surface area (Å²) >= 11 is 5.78. The Morgan fingerprint density at radius 3 is 2.22 bits per heavy atom. The molecule has 1 fully saturated rings. The van der Waals surface area contributed by atoms with E-state index in [2.05, 4.69) is 5.32 Å². The molecule has 3 aliphatic carbocycles. The van der Waals surface area contributed by atoms with Gasteiger partial charge in [0.05, 0.1) is 34.2 Å². The number of aliphatic hydroxyl groups is 4. The molecular formula is C29H29ClN4O11S. The third-order valence-corrected chi connectivity index (χ3v) is 10.3. The van der Waals surface area contributed by atoms with E-state index in [4.69, 9.17) is 17.3 Å². The zero-order valence-corrected chi connectivity index (χ0v) is 25.9. The molecule has 0 heterocycles. The minimum Gasteiger partial charge on any atom is -0.508 e. The number of likely N-dealkylation sites (N-methyl/N-ethyl adjacent to an activating group) is 1. The van der Waals surface area contributed by atoms with Crippen LogP contribution in [-0.2, 0) is 24.4 Å². The number of halogens is 1. The van der Waals surface area contributed by atoms with Gasteiger partial charge < -0.3 is 36.6 Å². The van der Waals surface area contributed by atoms with Gasteiger partial charge in [0.1, 0.15) is 22.8 Å². The first kappa shape index (κ1) is 32.9. The van der Waals surface area contributed by atoms with Crippen LogP contribution in [-0.4, -0.2) is 94.2 Å². The highest BCUT2D eigenvalue weighted by atomic mass is 35.5. The van der Waals surface area contributed by atoms with Crippen molar-refractivity contribution in [1.82, 2.24) is 9.62 Å². The molecule has 5 rings (SSSR count). The molecule has 17 heteroatoms. The number of rotatable bonds is 5. The summed E-state index contributed by atoms with van der Waals surface area (Å²) in [6.07, 6.45) is -1.78. The Morgan fingerprint density at radius 2 is 1.65 bits per heavy atom. The lowest BCUT2D eigenvalue weighted by Crippen LogP contribution is -2.70. The summed E-state index contributed by atoms with van der Waals surface area (Å²) in [5.74, 6) is -10.8. The van der Waals surface area contributed by atoms with Crippen molar-refractivity contribution >= 4 is 56.6 Å². The Bertz CT molecular complexity index is 1890. The zero-order chi connectivity index (χ0) is 34.2. The van der Waals surface area contributed by atoms with Crippen molar-refractivity contribution in [2.24, 2.45) is 17.6 Å². The molecule has 0 bridgehead atoms. The topological polar surface area (TPSA) is 257 Å². The van der Waals surface area contributed by atoms with Crippen LogP contribution in [0.4, 0.5) is 10.5 Å². The normalized spacial score (nSPS) is 27.6. The van der Waals surface area contributed by atoms with Crippen LogP contribution in [0, 0.1) is 11.8 Å². The van der Waals surface area contributed by atoms with Crippen molar-refractivity contribution in [1.29, 1.82) is 0 Å². The Kier molecular flexibility index (Phi) is 7.94. The van der Waals surface area contributed by atoms with Crippen molar-refractivity contribution in [3.05, 3.63) is 69.5 Å². The fourth-order valence-corrected chi connectivity index (χ4v) is 7.69. The predicted molar refractivity (Wildman–Crippen MR) is 161 cm³/mol. The summed E-state index contributed by atoms with van der Waals surface area (Å²) in [5, 5.41) is 59.4. The van der Waals surface area contributed by atoms with Crippen LogP contribution in [0.5, 0.6) is 5.75 Å². The molecule has 244 valence electrons. The number of fused-ring (bicyclic) bond motifs is 3. The maximum Gasteiger partial charge on any atom is 0.333 e. The number of anilines is 1. The van der Waals surface area contributed by atoms with Crippen molar-refractivity contribution < 1.29 is 53.1 Å². The number of nitrogens with zero attached hydrogens (tertiary/aromatic N) is 1. The Balaban J connectivity index is 1.59. The number of ketones is 2. The van der Waals surface area contributed by atoms with Crippen molar-refractivity contribution in [2.75, 3.05) is 19.4 Å².